The number of halogens is 1. The second-order valence-corrected chi connectivity index (χ2v) is 4.34. The third-order valence-electron chi connectivity index (χ3n) is 2.12. The lowest BCUT2D eigenvalue weighted by Crippen LogP contribution is -2.40. The number of nitrogens with zero attached hydrogens (tertiary/aromatic N) is 2. The van der Waals surface area contributed by atoms with Crippen LogP contribution in [0.4, 0.5) is 0 Å². The van der Waals surface area contributed by atoms with Crippen molar-refractivity contribution in [3.05, 3.63) is 18.0 Å². The Balaban J connectivity index is 2.45. The lowest BCUT2D eigenvalue weighted by Gasteiger charge is -2.22. The van der Waals surface area contributed by atoms with Gasteiger partial charge >= 0.3 is 0 Å². The van der Waals surface area contributed by atoms with E-state index < -0.39 is 0 Å². The fourth-order valence-electron chi connectivity index (χ4n) is 1.06. The van der Waals surface area contributed by atoms with Crippen molar-refractivity contribution in [3.8, 4) is 0 Å². The Morgan fingerprint density at radius 3 is 2.79 bits per heavy atom. The molecule has 3 nitrogen and oxygen atoms in total. The second-order valence-electron chi connectivity index (χ2n) is 4.08. The summed E-state index contributed by atoms with van der Waals surface area (Å²) in [6.07, 6.45) is 3.94. The first-order chi connectivity index (χ1) is 6.57. The maximum atomic E-state index is 5.81. The smallest absolute Gasteiger partial charge is 0.0534 e. The van der Waals surface area contributed by atoms with Crippen LogP contribution in [-0.4, -0.2) is 21.2 Å². The monoisotopic (exact) mass is 215 g/mol. The molecule has 80 valence electrons. The van der Waals surface area contributed by atoms with Crippen molar-refractivity contribution < 1.29 is 0 Å². The summed E-state index contributed by atoms with van der Waals surface area (Å²) in [6, 6.07) is 0. The van der Waals surface area contributed by atoms with E-state index in [0.29, 0.717) is 5.88 Å². The molecule has 0 saturated carbocycles. The third kappa shape index (κ3) is 3.31. The summed E-state index contributed by atoms with van der Waals surface area (Å²) in [6.45, 7) is 7.99. The number of hydrogen-bond donors (Lipinski definition) is 1. The zero-order chi connectivity index (χ0) is 10.6. The molecule has 0 spiro atoms. The molecule has 0 amide bonds. The largest absolute Gasteiger partial charge is 0.306 e. The van der Waals surface area contributed by atoms with Gasteiger partial charge in [-0.15, -0.1) is 11.6 Å². The molecule has 0 atom stereocenters. The first kappa shape index (κ1) is 11.5. The normalized spacial score (nSPS) is 12.0. The minimum absolute atomic E-state index is 0.0180. The van der Waals surface area contributed by atoms with Gasteiger partial charge in [-0.2, -0.15) is 5.10 Å². The van der Waals surface area contributed by atoms with E-state index in [1.165, 1.54) is 5.56 Å². The van der Waals surface area contributed by atoms with Crippen molar-refractivity contribution in [1.82, 2.24) is 15.1 Å². The van der Waals surface area contributed by atoms with Crippen molar-refractivity contribution in [2.75, 3.05) is 5.88 Å². The van der Waals surface area contributed by atoms with Gasteiger partial charge in [-0.3, -0.25) is 4.68 Å². The average molecular weight is 216 g/mol. The van der Waals surface area contributed by atoms with Crippen LogP contribution in [0.3, 0.4) is 0 Å². The molecular formula is C10H18ClN3. The second kappa shape index (κ2) is 4.80. The van der Waals surface area contributed by atoms with Gasteiger partial charge in [-0.25, -0.2) is 0 Å². The molecule has 1 rings (SSSR count). The summed E-state index contributed by atoms with van der Waals surface area (Å²) < 4.78 is 1.92. The SMILES string of the molecule is CCn1cc(CNC(C)(C)CCl)cn1. The fraction of sp³-hybridized carbons (Fsp3) is 0.700. The zero-order valence-electron chi connectivity index (χ0n) is 9.05. The molecule has 1 heterocycles. The first-order valence-electron chi connectivity index (χ1n) is 4.90. The Bertz CT molecular complexity index is 281. The van der Waals surface area contributed by atoms with Gasteiger partial charge in [0, 0.05) is 36.3 Å². The highest BCUT2D eigenvalue weighted by molar-refractivity contribution is 6.18. The van der Waals surface area contributed by atoms with E-state index >= 15 is 0 Å². The van der Waals surface area contributed by atoms with Crippen LogP contribution in [0.15, 0.2) is 12.4 Å². The third-order valence-corrected chi connectivity index (χ3v) is 2.78. The summed E-state index contributed by atoms with van der Waals surface area (Å²) in [5, 5.41) is 7.58. The van der Waals surface area contributed by atoms with Gasteiger partial charge in [0.25, 0.3) is 0 Å². The van der Waals surface area contributed by atoms with E-state index in [2.05, 4.69) is 37.4 Å². The number of alkyl halides is 1. The standard InChI is InChI=1S/C10H18ClN3/c1-4-14-7-9(6-13-14)5-12-10(2,3)8-11/h6-7,12H,4-5,8H2,1-3H3. The van der Waals surface area contributed by atoms with E-state index in [-0.39, 0.29) is 5.54 Å². The van der Waals surface area contributed by atoms with E-state index in [0.717, 1.165) is 13.1 Å². The predicted molar refractivity (Wildman–Crippen MR) is 59.5 cm³/mol. The molecule has 0 unspecified atom stereocenters. The highest BCUT2D eigenvalue weighted by Crippen LogP contribution is 2.06. The Morgan fingerprint density at radius 2 is 2.29 bits per heavy atom. The molecule has 0 aliphatic rings. The van der Waals surface area contributed by atoms with Crippen molar-refractivity contribution >= 4 is 11.6 Å². The molecule has 0 fully saturated rings. The highest BCUT2D eigenvalue weighted by Gasteiger charge is 2.14. The van der Waals surface area contributed by atoms with Crippen LogP contribution in [0.2, 0.25) is 0 Å². The van der Waals surface area contributed by atoms with Crippen molar-refractivity contribution in [2.45, 2.75) is 39.4 Å². The molecule has 0 aromatic carbocycles. The number of rotatable bonds is 5. The fourth-order valence-corrected chi connectivity index (χ4v) is 1.15. The van der Waals surface area contributed by atoms with Gasteiger partial charge in [0.05, 0.1) is 6.20 Å². The van der Waals surface area contributed by atoms with Crippen molar-refractivity contribution in [1.29, 1.82) is 0 Å². The quantitative estimate of drug-likeness (QED) is 0.762. The molecule has 1 N–H and O–H groups in total. The molecule has 0 aliphatic carbocycles. The summed E-state index contributed by atoms with van der Waals surface area (Å²) in [7, 11) is 0. The molecule has 14 heavy (non-hydrogen) atoms. The summed E-state index contributed by atoms with van der Waals surface area (Å²) >= 11 is 5.81. The Hall–Kier alpha value is -0.540. The summed E-state index contributed by atoms with van der Waals surface area (Å²) in [4.78, 5) is 0. The van der Waals surface area contributed by atoms with Gasteiger partial charge in [0.15, 0.2) is 0 Å². The lowest BCUT2D eigenvalue weighted by atomic mass is 10.1. The van der Waals surface area contributed by atoms with E-state index in [1.54, 1.807) is 0 Å². The Morgan fingerprint density at radius 1 is 1.57 bits per heavy atom. The Kier molecular flexibility index (Phi) is 3.96. The molecule has 0 aliphatic heterocycles. The minimum atomic E-state index is -0.0180. The van der Waals surface area contributed by atoms with Crippen LogP contribution in [0.1, 0.15) is 26.3 Å². The van der Waals surface area contributed by atoms with Gasteiger partial charge in [0.2, 0.25) is 0 Å². The topological polar surface area (TPSA) is 29.9 Å². The van der Waals surface area contributed by atoms with Crippen LogP contribution in [0.25, 0.3) is 0 Å². The molecule has 0 radical (unpaired) electrons. The van der Waals surface area contributed by atoms with Gasteiger partial charge < -0.3 is 5.32 Å². The summed E-state index contributed by atoms with van der Waals surface area (Å²) in [5.74, 6) is 0.606. The predicted octanol–water partition coefficient (Wildman–Crippen LogP) is 2.01. The summed E-state index contributed by atoms with van der Waals surface area (Å²) in [5.41, 5.74) is 1.18. The molecule has 1 aromatic rings. The zero-order valence-corrected chi connectivity index (χ0v) is 9.80. The molecule has 4 heteroatoms. The van der Waals surface area contributed by atoms with Crippen LogP contribution in [-0.2, 0) is 13.1 Å². The number of aromatic nitrogens is 2. The van der Waals surface area contributed by atoms with Gasteiger partial charge in [0.1, 0.15) is 0 Å². The van der Waals surface area contributed by atoms with Crippen molar-refractivity contribution in [2.24, 2.45) is 0 Å². The molecular weight excluding hydrogens is 198 g/mol. The molecule has 0 saturated heterocycles. The highest BCUT2D eigenvalue weighted by atomic mass is 35.5. The lowest BCUT2D eigenvalue weighted by molar-refractivity contribution is 0.429. The van der Waals surface area contributed by atoms with Crippen molar-refractivity contribution in [3.63, 3.8) is 0 Å². The maximum Gasteiger partial charge on any atom is 0.0534 e. The van der Waals surface area contributed by atoms with Crippen LogP contribution < -0.4 is 5.32 Å². The molecule has 0 bridgehead atoms. The van der Waals surface area contributed by atoms with E-state index in [4.69, 9.17) is 11.6 Å². The van der Waals surface area contributed by atoms with E-state index in [9.17, 15) is 0 Å². The minimum Gasteiger partial charge on any atom is -0.306 e. The number of hydrogen-bond acceptors (Lipinski definition) is 2. The van der Waals surface area contributed by atoms with Gasteiger partial charge in [-0.05, 0) is 20.8 Å². The Labute approximate surface area is 90.4 Å². The number of nitrogens with one attached hydrogen (secondary N) is 1. The average Bonchev–Trinajstić information content (AvgIpc) is 2.63. The van der Waals surface area contributed by atoms with E-state index in [1.807, 2.05) is 10.9 Å². The van der Waals surface area contributed by atoms with Crippen LogP contribution >= 0.6 is 11.6 Å². The van der Waals surface area contributed by atoms with Gasteiger partial charge in [-0.1, -0.05) is 0 Å². The maximum absolute atomic E-state index is 5.81. The van der Waals surface area contributed by atoms with Crippen LogP contribution in [0, 0.1) is 0 Å². The molecule has 1 aromatic heterocycles. The number of aryl methyl sites for hydroxylation is 1. The van der Waals surface area contributed by atoms with Crippen LogP contribution in [0.5, 0.6) is 0 Å². The first-order valence-corrected chi connectivity index (χ1v) is 5.43.